The Morgan fingerprint density at radius 2 is 1.73 bits per heavy atom. The predicted molar refractivity (Wildman–Crippen MR) is 100 cm³/mol. The number of likely N-dealkylation sites (tertiary alicyclic amines) is 1. The van der Waals surface area contributed by atoms with Crippen LogP contribution in [-0.4, -0.2) is 47.2 Å². The fraction of sp³-hybridized carbons (Fsp3) is 0.450. The highest BCUT2D eigenvalue weighted by Crippen LogP contribution is 2.34. The Morgan fingerprint density at radius 1 is 1.08 bits per heavy atom. The van der Waals surface area contributed by atoms with Gasteiger partial charge in [-0.25, -0.2) is 0 Å². The Morgan fingerprint density at radius 3 is 2.31 bits per heavy atom. The van der Waals surface area contributed by atoms with Crippen LogP contribution >= 0.6 is 0 Å². The monoisotopic (exact) mass is 355 g/mol. The van der Waals surface area contributed by atoms with Crippen LogP contribution in [0.5, 0.6) is 0 Å². The molecule has 0 aromatic heterocycles. The molecule has 6 nitrogen and oxygen atoms in total. The fourth-order valence-electron chi connectivity index (χ4n) is 3.50. The number of imide groups is 1. The molecule has 2 aliphatic rings. The molecule has 1 N–H and O–H groups in total. The molecule has 0 aliphatic carbocycles. The number of carbonyl (C=O) groups is 3. The highest BCUT2D eigenvalue weighted by atomic mass is 16.2. The lowest BCUT2D eigenvalue weighted by Crippen LogP contribution is -2.35. The van der Waals surface area contributed by atoms with Gasteiger partial charge in [-0.15, -0.1) is 0 Å². The summed E-state index contributed by atoms with van der Waals surface area (Å²) in [4.78, 5) is 40.6. The molecule has 26 heavy (non-hydrogen) atoms. The van der Waals surface area contributed by atoms with Gasteiger partial charge in [-0.1, -0.05) is 25.5 Å². The lowest BCUT2D eigenvalue weighted by Gasteiger charge is -2.20. The lowest BCUT2D eigenvalue weighted by molar-refractivity contribution is -0.137. The summed E-state index contributed by atoms with van der Waals surface area (Å²) >= 11 is 0. The van der Waals surface area contributed by atoms with Crippen LogP contribution in [0.2, 0.25) is 0 Å². The highest BCUT2D eigenvalue weighted by molar-refractivity contribution is 6.35. The molecule has 1 saturated heterocycles. The van der Waals surface area contributed by atoms with E-state index in [-0.39, 0.29) is 17.7 Å². The van der Waals surface area contributed by atoms with Crippen LogP contribution in [0.15, 0.2) is 30.0 Å². The number of hydrogen-bond donors (Lipinski definition) is 1. The third-order valence-electron chi connectivity index (χ3n) is 4.80. The summed E-state index contributed by atoms with van der Waals surface area (Å²) in [6, 6.07) is 7.12. The molecule has 0 unspecified atom stereocenters. The van der Waals surface area contributed by atoms with Gasteiger partial charge in [0.25, 0.3) is 11.8 Å². The maximum atomic E-state index is 13.0. The van der Waals surface area contributed by atoms with E-state index in [2.05, 4.69) is 5.32 Å². The zero-order chi connectivity index (χ0) is 18.7. The number of nitrogens with zero attached hydrogens (tertiary/aromatic N) is 2. The van der Waals surface area contributed by atoms with Gasteiger partial charge in [0.15, 0.2) is 0 Å². The van der Waals surface area contributed by atoms with E-state index in [4.69, 9.17) is 0 Å². The van der Waals surface area contributed by atoms with Gasteiger partial charge >= 0.3 is 0 Å². The molecule has 3 rings (SSSR count). The highest BCUT2D eigenvalue weighted by Gasteiger charge is 2.41. The molecule has 2 heterocycles. The second-order valence-corrected chi connectivity index (χ2v) is 6.79. The van der Waals surface area contributed by atoms with Crippen molar-refractivity contribution in [3.63, 3.8) is 0 Å². The number of carbonyl (C=O) groups excluding carboxylic acids is 3. The molecule has 2 aliphatic heterocycles. The Bertz CT molecular complexity index is 746. The number of rotatable bonds is 6. The third kappa shape index (κ3) is 3.49. The van der Waals surface area contributed by atoms with E-state index in [0.29, 0.717) is 23.5 Å². The first-order valence-electron chi connectivity index (χ1n) is 9.26. The Labute approximate surface area is 153 Å². The maximum Gasteiger partial charge on any atom is 0.277 e. The molecule has 3 amide bonds. The Kier molecular flexibility index (Phi) is 5.40. The Balaban J connectivity index is 1.97. The predicted octanol–water partition coefficient (Wildman–Crippen LogP) is 2.62. The topological polar surface area (TPSA) is 69.7 Å². The molecular formula is C20H25N3O3. The fourth-order valence-corrected chi connectivity index (χ4v) is 3.50. The van der Waals surface area contributed by atoms with E-state index >= 15 is 0 Å². The van der Waals surface area contributed by atoms with Gasteiger partial charge in [-0.05, 0) is 37.0 Å². The van der Waals surface area contributed by atoms with Crippen LogP contribution in [0.1, 0.15) is 45.1 Å². The van der Waals surface area contributed by atoms with Crippen LogP contribution in [0.4, 0.5) is 5.69 Å². The molecule has 0 bridgehead atoms. The van der Waals surface area contributed by atoms with E-state index in [0.717, 1.165) is 44.3 Å². The SMILES string of the molecule is CCCCN1C(=O)C(c2ccc(NC(C)=O)cc2)=C(N2CCCC2)C1=O. The van der Waals surface area contributed by atoms with Gasteiger partial charge in [-0.3, -0.25) is 19.3 Å². The first-order chi connectivity index (χ1) is 12.5. The average molecular weight is 355 g/mol. The van der Waals surface area contributed by atoms with Crippen LogP contribution in [0, 0.1) is 0 Å². The van der Waals surface area contributed by atoms with Crippen molar-refractivity contribution >= 4 is 29.0 Å². The number of anilines is 1. The maximum absolute atomic E-state index is 13.0. The smallest absolute Gasteiger partial charge is 0.277 e. The van der Waals surface area contributed by atoms with Crippen molar-refractivity contribution in [3.05, 3.63) is 35.5 Å². The minimum Gasteiger partial charge on any atom is -0.366 e. The quantitative estimate of drug-likeness (QED) is 0.797. The standard InChI is InChI=1S/C20H25N3O3/c1-3-4-13-23-19(25)17(18(20(23)26)22-11-5-6-12-22)15-7-9-16(10-8-15)21-14(2)24/h7-10H,3-6,11-13H2,1-2H3,(H,21,24). The molecule has 1 aromatic carbocycles. The molecule has 0 spiro atoms. The summed E-state index contributed by atoms with van der Waals surface area (Å²) in [5.74, 6) is -0.531. The zero-order valence-electron chi connectivity index (χ0n) is 15.4. The van der Waals surface area contributed by atoms with E-state index in [1.165, 1.54) is 11.8 Å². The van der Waals surface area contributed by atoms with Crippen molar-refractivity contribution < 1.29 is 14.4 Å². The zero-order valence-corrected chi connectivity index (χ0v) is 15.4. The van der Waals surface area contributed by atoms with Crippen molar-refractivity contribution in [2.45, 2.75) is 39.5 Å². The largest absolute Gasteiger partial charge is 0.366 e. The normalized spacial score (nSPS) is 17.5. The van der Waals surface area contributed by atoms with Crippen molar-refractivity contribution in [2.24, 2.45) is 0 Å². The van der Waals surface area contributed by atoms with Crippen molar-refractivity contribution in [3.8, 4) is 0 Å². The number of amides is 3. The van der Waals surface area contributed by atoms with Crippen molar-refractivity contribution in [1.82, 2.24) is 9.80 Å². The van der Waals surface area contributed by atoms with Crippen LogP contribution < -0.4 is 5.32 Å². The van der Waals surface area contributed by atoms with E-state index in [1.807, 2.05) is 11.8 Å². The van der Waals surface area contributed by atoms with Gasteiger partial charge in [0.05, 0.1) is 5.57 Å². The summed E-state index contributed by atoms with van der Waals surface area (Å²) < 4.78 is 0. The van der Waals surface area contributed by atoms with Gasteiger partial charge < -0.3 is 10.2 Å². The Hall–Kier alpha value is -2.63. The van der Waals surface area contributed by atoms with E-state index in [1.54, 1.807) is 24.3 Å². The molecule has 1 aromatic rings. The van der Waals surface area contributed by atoms with E-state index < -0.39 is 0 Å². The second kappa shape index (κ2) is 7.72. The number of nitrogens with one attached hydrogen (secondary N) is 1. The molecule has 138 valence electrons. The van der Waals surface area contributed by atoms with Crippen molar-refractivity contribution in [1.29, 1.82) is 0 Å². The van der Waals surface area contributed by atoms with Crippen molar-refractivity contribution in [2.75, 3.05) is 25.0 Å². The summed E-state index contributed by atoms with van der Waals surface area (Å²) in [6.07, 6.45) is 3.81. The molecular weight excluding hydrogens is 330 g/mol. The molecule has 6 heteroatoms. The summed E-state index contributed by atoms with van der Waals surface area (Å²) in [7, 11) is 0. The molecule has 0 atom stereocenters. The first kappa shape index (κ1) is 18.2. The summed E-state index contributed by atoms with van der Waals surface area (Å²) in [5.41, 5.74) is 2.42. The van der Waals surface area contributed by atoms with Gasteiger partial charge in [-0.2, -0.15) is 0 Å². The van der Waals surface area contributed by atoms with Crippen LogP contribution in [0.3, 0.4) is 0 Å². The van der Waals surface area contributed by atoms with Gasteiger partial charge in [0, 0.05) is 32.2 Å². The number of unbranched alkanes of at least 4 members (excludes halogenated alkanes) is 1. The number of hydrogen-bond acceptors (Lipinski definition) is 4. The van der Waals surface area contributed by atoms with Crippen LogP contribution in [0.25, 0.3) is 5.57 Å². The second-order valence-electron chi connectivity index (χ2n) is 6.79. The minimum atomic E-state index is -0.211. The van der Waals surface area contributed by atoms with Gasteiger partial charge in [0.1, 0.15) is 5.70 Å². The van der Waals surface area contributed by atoms with E-state index in [9.17, 15) is 14.4 Å². The minimum absolute atomic E-state index is 0.146. The molecule has 1 fully saturated rings. The summed E-state index contributed by atoms with van der Waals surface area (Å²) in [6.45, 7) is 5.57. The van der Waals surface area contributed by atoms with Crippen LogP contribution in [-0.2, 0) is 14.4 Å². The molecule has 0 saturated carbocycles. The first-order valence-corrected chi connectivity index (χ1v) is 9.26. The average Bonchev–Trinajstić information content (AvgIpc) is 3.21. The molecule has 0 radical (unpaired) electrons. The van der Waals surface area contributed by atoms with Gasteiger partial charge in [0.2, 0.25) is 5.91 Å². The number of benzene rings is 1. The summed E-state index contributed by atoms with van der Waals surface area (Å²) in [5, 5.41) is 2.72. The third-order valence-corrected chi connectivity index (χ3v) is 4.80. The lowest BCUT2D eigenvalue weighted by atomic mass is 10.0.